The van der Waals surface area contributed by atoms with E-state index < -0.39 is 0 Å². The highest BCUT2D eigenvalue weighted by molar-refractivity contribution is 5.16. The van der Waals surface area contributed by atoms with Crippen LogP contribution in [0.1, 0.15) is 26.3 Å². The zero-order chi connectivity index (χ0) is 11.3. The molecule has 0 fully saturated rings. The molecule has 1 aromatic carbocycles. The van der Waals surface area contributed by atoms with Gasteiger partial charge in [-0.25, -0.2) is 0 Å². The molecule has 0 heterocycles. The second-order valence-electron chi connectivity index (χ2n) is 5.00. The Morgan fingerprint density at radius 3 is 2.27 bits per heavy atom. The van der Waals surface area contributed by atoms with Gasteiger partial charge in [0.05, 0.1) is 0 Å². The monoisotopic (exact) mass is 205 g/mol. The summed E-state index contributed by atoms with van der Waals surface area (Å²) in [6.07, 6.45) is 1.15. The van der Waals surface area contributed by atoms with Crippen LogP contribution in [0.25, 0.3) is 0 Å². The fourth-order valence-electron chi connectivity index (χ4n) is 1.94. The molecule has 15 heavy (non-hydrogen) atoms. The standard InChI is InChI=1S/C14H23N/c1-12(2)14(3,11-15-4)10-13-8-6-5-7-9-13/h5-9,12,15H,10-11H2,1-4H3. The molecule has 1 rings (SSSR count). The van der Waals surface area contributed by atoms with E-state index in [9.17, 15) is 0 Å². The molecule has 0 saturated heterocycles. The average Bonchev–Trinajstić information content (AvgIpc) is 2.19. The highest BCUT2D eigenvalue weighted by atomic mass is 14.8. The Balaban J connectivity index is 2.75. The lowest BCUT2D eigenvalue weighted by molar-refractivity contribution is 0.212. The Labute approximate surface area is 93.9 Å². The van der Waals surface area contributed by atoms with Crippen molar-refractivity contribution in [1.29, 1.82) is 0 Å². The Morgan fingerprint density at radius 1 is 1.20 bits per heavy atom. The van der Waals surface area contributed by atoms with Gasteiger partial charge >= 0.3 is 0 Å². The van der Waals surface area contributed by atoms with Crippen molar-refractivity contribution in [2.75, 3.05) is 13.6 Å². The maximum atomic E-state index is 3.31. The molecule has 0 aromatic heterocycles. The predicted molar refractivity (Wildman–Crippen MR) is 67.0 cm³/mol. The molecule has 0 radical (unpaired) electrons. The largest absolute Gasteiger partial charge is 0.319 e. The van der Waals surface area contributed by atoms with Gasteiger partial charge in [0.15, 0.2) is 0 Å². The molecule has 84 valence electrons. The van der Waals surface area contributed by atoms with Crippen molar-refractivity contribution >= 4 is 0 Å². The quantitative estimate of drug-likeness (QED) is 0.779. The lowest BCUT2D eigenvalue weighted by atomic mass is 9.74. The molecule has 1 aromatic rings. The topological polar surface area (TPSA) is 12.0 Å². The van der Waals surface area contributed by atoms with Crippen molar-refractivity contribution in [3.05, 3.63) is 35.9 Å². The van der Waals surface area contributed by atoms with Crippen LogP contribution in [0.3, 0.4) is 0 Å². The summed E-state index contributed by atoms with van der Waals surface area (Å²) >= 11 is 0. The third-order valence-corrected chi connectivity index (χ3v) is 3.43. The van der Waals surface area contributed by atoms with E-state index in [0.717, 1.165) is 13.0 Å². The van der Waals surface area contributed by atoms with Gasteiger partial charge in [0.25, 0.3) is 0 Å². The summed E-state index contributed by atoms with van der Waals surface area (Å²) < 4.78 is 0. The first-order chi connectivity index (χ1) is 7.08. The lowest BCUT2D eigenvalue weighted by Crippen LogP contribution is -2.36. The van der Waals surface area contributed by atoms with E-state index in [2.05, 4.69) is 56.4 Å². The highest BCUT2D eigenvalue weighted by Gasteiger charge is 2.27. The van der Waals surface area contributed by atoms with Crippen molar-refractivity contribution < 1.29 is 0 Å². The van der Waals surface area contributed by atoms with Gasteiger partial charge in [-0.2, -0.15) is 0 Å². The van der Waals surface area contributed by atoms with Gasteiger partial charge in [0.1, 0.15) is 0 Å². The van der Waals surface area contributed by atoms with Gasteiger partial charge in [-0.05, 0) is 30.4 Å². The van der Waals surface area contributed by atoms with E-state index in [-0.39, 0.29) is 0 Å². The highest BCUT2D eigenvalue weighted by Crippen LogP contribution is 2.30. The zero-order valence-corrected chi connectivity index (χ0v) is 10.4. The lowest BCUT2D eigenvalue weighted by Gasteiger charge is -2.34. The molecule has 1 nitrogen and oxygen atoms in total. The average molecular weight is 205 g/mol. The molecule has 0 bridgehead atoms. The smallest absolute Gasteiger partial charge is 0.000780 e. The number of hydrogen-bond donors (Lipinski definition) is 1. The maximum Gasteiger partial charge on any atom is 0.000780 e. The second kappa shape index (κ2) is 5.32. The fourth-order valence-corrected chi connectivity index (χ4v) is 1.94. The summed E-state index contributed by atoms with van der Waals surface area (Å²) in [5.41, 5.74) is 1.78. The first kappa shape index (κ1) is 12.3. The normalized spacial score (nSPS) is 15.3. The first-order valence-electron chi connectivity index (χ1n) is 5.77. The molecule has 1 atom stereocenters. The van der Waals surface area contributed by atoms with Crippen LogP contribution in [0.2, 0.25) is 0 Å². The van der Waals surface area contributed by atoms with E-state index in [0.29, 0.717) is 11.3 Å². The van der Waals surface area contributed by atoms with Crippen LogP contribution in [0, 0.1) is 11.3 Å². The third-order valence-electron chi connectivity index (χ3n) is 3.43. The minimum absolute atomic E-state index is 0.343. The van der Waals surface area contributed by atoms with Gasteiger partial charge < -0.3 is 5.32 Å². The molecule has 0 amide bonds. The van der Waals surface area contributed by atoms with Crippen LogP contribution in [0.15, 0.2) is 30.3 Å². The molecule has 0 aliphatic rings. The number of hydrogen-bond acceptors (Lipinski definition) is 1. The van der Waals surface area contributed by atoms with Crippen LogP contribution < -0.4 is 5.32 Å². The minimum Gasteiger partial charge on any atom is -0.319 e. The van der Waals surface area contributed by atoms with Gasteiger partial charge in [0.2, 0.25) is 0 Å². The SMILES string of the molecule is CNCC(C)(Cc1ccccc1)C(C)C. The number of benzene rings is 1. The summed E-state index contributed by atoms with van der Waals surface area (Å²) in [7, 11) is 2.03. The van der Waals surface area contributed by atoms with Gasteiger partial charge in [0, 0.05) is 6.54 Å². The van der Waals surface area contributed by atoms with E-state index in [4.69, 9.17) is 0 Å². The Morgan fingerprint density at radius 2 is 1.80 bits per heavy atom. The summed E-state index contributed by atoms with van der Waals surface area (Å²) in [5, 5.41) is 3.31. The Hall–Kier alpha value is -0.820. The summed E-state index contributed by atoms with van der Waals surface area (Å²) in [6.45, 7) is 8.04. The maximum absolute atomic E-state index is 3.31. The van der Waals surface area contributed by atoms with Crippen LogP contribution in [0.4, 0.5) is 0 Å². The van der Waals surface area contributed by atoms with Crippen molar-refractivity contribution in [3.8, 4) is 0 Å². The molecule has 1 heteroatoms. The Kier molecular flexibility index (Phi) is 4.34. The van der Waals surface area contributed by atoms with Crippen molar-refractivity contribution in [3.63, 3.8) is 0 Å². The molecular weight excluding hydrogens is 182 g/mol. The molecule has 1 unspecified atom stereocenters. The predicted octanol–water partition coefficient (Wildman–Crippen LogP) is 3.11. The Bertz CT molecular complexity index is 279. The van der Waals surface area contributed by atoms with Crippen molar-refractivity contribution in [2.24, 2.45) is 11.3 Å². The summed E-state index contributed by atoms with van der Waals surface area (Å²) in [4.78, 5) is 0. The summed E-state index contributed by atoms with van der Waals surface area (Å²) in [5.74, 6) is 0.685. The summed E-state index contributed by atoms with van der Waals surface area (Å²) in [6, 6.07) is 10.8. The van der Waals surface area contributed by atoms with Gasteiger partial charge in [-0.1, -0.05) is 51.1 Å². The van der Waals surface area contributed by atoms with E-state index in [1.807, 2.05) is 7.05 Å². The van der Waals surface area contributed by atoms with Gasteiger partial charge in [-0.3, -0.25) is 0 Å². The minimum atomic E-state index is 0.343. The molecule has 0 spiro atoms. The van der Waals surface area contributed by atoms with Crippen LogP contribution in [-0.2, 0) is 6.42 Å². The number of nitrogens with one attached hydrogen (secondary N) is 1. The fraction of sp³-hybridized carbons (Fsp3) is 0.571. The second-order valence-corrected chi connectivity index (χ2v) is 5.00. The van der Waals surface area contributed by atoms with Crippen LogP contribution >= 0.6 is 0 Å². The number of rotatable bonds is 5. The van der Waals surface area contributed by atoms with Crippen LogP contribution in [0.5, 0.6) is 0 Å². The zero-order valence-electron chi connectivity index (χ0n) is 10.4. The first-order valence-corrected chi connectivity index (χ1v) is 5.77. The molecular formula is C14H23N. The molecule has 0 aliphatic heterocycles. The molecule has 0 aliphatic carbocycles. The molecule has 0 saturated carbocycles. The van der Waals surface area contributed by atoms with Crippen LogP contribution in [-0.4, -0.2) is 13.6 Å². The van der Waals surface area contributed by atoms with Crippen molar-refractivity contribution in [2.45, 2.75) is 27.2 Å². The van der Waals surface area contributed by atoms with Gasteiger partial charge in [-0.15, -0.1) is 0 Å². The van der Waals surface area contributed by atoms with E-state index >= 15 is 0 Å². The molecule has 1 N–H and O–H groups in total. The van der Waals surface area contributed by atoms with E-state index in [1.54, 1.807) is 0 Å². The third kappa shape index (κ3) is 3.35. The van der Waals surface area contributed by atoms with E-state index in [1.165, 1.54) is 5.56 Å². The van der Waals surface area contributed by atoms with Crippen molar-refractivity contribution in [1.82, 2.24) is 5.32 Å².